The van der Waals surface area contributed by atoms with E-state index in [-0.39, 0.29) is 69.1 Å². The van der Waals surface area contributed by atoms with E-state index in [0.29, 0.717) is 35.1 Å². The predicted molar refractivity (Wildman–Crippen MR) is 143 cm³/mol. The van der Waals surface area contributed by atoms with Crippen LogP contribution < -0.4 is 5.32 Å². The van der Waals surface area contributed by atoms with Crippen molar-refractivity contribution in [2.24, 2.45) is 5.92 Å². The summed E-state index contributed by atoms with van der Waals surface area (Å²) < 4.78 is 11.5. The molecule has 0 radical (unpaired) electrons. The Morgan fingerprint density at radius 2 is 1.07 bits per heavy atom. The minimum Gasteiger partial charge on any atom is -0.465 e. The molecule has 0 saturated heterocycles. The maximum atomic E-state index is 12.5. The van der Waals surface area contributed by atoms with Crippen molar-refractivity contribution in [3.05, 3.63) is 70.8 Å². The predicted octanol–water partition coefficient (Wildman–Crippen LogP) is 3.05. The summed E-state index contributed by atoms with van der Waals surface area (Å²) in [7, 11) is 0. The molecule has 2 aliphatic heterocycles. The zero-order chi connectivity index (χ0) is 28.9. The first kappa shape index (κ1) is 28.9. The normalized spacial score (nSPS) is 14.8. The van der Waals surface area contributed by atoms with Crippen LogP contribution in [-0.4, -0.2) is 89.7 Å². The molecular weight excluding hydrogens is 518 g/mol. The first-order valence-electron chi connectivity index (χ1n) is 13.2. The van der Waals surface area contributed by atoms with Gasteiger partial charge in [0.2, 0.25) is 0 Å². The molecule has 212 valence electrons. The van der Waals surface area contributed by atoms with E-state index in [4.69, 9.17) is 9.47 Å². The molecule has 0 saturated carbocycles. The second kappa shape index (κ2) is 12.4. The van der Waals surface area contributed by atoms with Gasteiger partial charge in [0.05, 0.1) is 48.6 Å². The summed E-state index contributed by atoms with van der Waals surface area (Å²) >= 11 is 0. The minimum atomic E-state index is -1.15. The third-order valence-corrected chi connectivity index (χ3v) is 7.35. The number of amides is 5. The Bertz CT molecular complexity index is 1150. The van der Waals surface area contributed by atoms with Gasteiger partial charge in [0, 0.05) is 18.8 Å². The molecule has 11 heteroatoms. The number of nitrogens with zero attached hydrogens (tertiary/aromatic N) is 2. The first-order chi connectivity index (χ1) is 19.1. The monoisotopic (exact) mass is 551 g/mol. The van der Waals surface area contributed by atoms with E-state index in [0.717, 1.165) is 0 Å². The van der Waals surface area contributed by atoms with Crippen molar-refractivity contribution in [1.29, 1.82) is 0 Å². The number of rotatable bonds is 14. The lowest BCUT2D eigenvalue weighted by Crippen LogP contribution is -2.49. The van der Waals surface area contributed by atoms with E-state index in [1.54, 1.807) is 62.4 Å². The minimum absolute atomic E-state index is 0.120. The Morgan fingerprint density at radius 3 is 1.40 bits per heavy atom. The third-order valence-electron chi connectivity index (χ3n) is 7.35. The number of benzene rings is 2. The average molecular weight is 552 g/mol. The van der Waals surface area contributed by atoms with Gasteiger partial charge in [-0.3, -0.25) is 29.0 Å². The molecule has 2 heterocycles. The van der Waals surface area contributed by atoms with Crippen LogP contribution in [0, 0.1) is 5.92 Å². The lowest BCUT2D eigenvalue weighted by Gasteiger charge is -2.34. The topological polar surface area (TPSA) is 143 Å². The Labute approximate surface area is 232 Å². The fourth-order valence-electron chi connectivity index (χ4n) is 5.10. The Balaban J connectivity index is 1.22. The highest BCUT2D eigenvalue weighted by molar-refractivity contribution is 6.22. The molecule has 11 nitrogen and oxygen atoms in total. The summed E-state index contributed by atoms with van der Waals surface area (Å²) in [6, 6.07) is 13.4. The van der Waals surface area contributed by atoms with Gasteiger partial charge >= 0.3 is 6.09 Å². The van der Waals surface area contributed by atoms with E-state index >= 15 is 0 Å². The molecule has 0 bridgehead atoms. The van der Waals surface area contributed by atoms with E-state index in [9.17, 15) is 29.1 Å². The first-order valence-corrected chi connectivity index (χ1v) is 13.2. The molecule has 0 aliphatic carbocycles. The van der Waals surface area contributed by atoms with Crippen LogP contribution in [-0.2, 0) is 9.47 Å². The van der Waals surface area contributed by atoms with Crippen LogP contribution in [0.3, 0.4) is 0 Å². The maximum absolute atomic E-state index is 12.5. The van der Waals surface area contributed by atoms with Gasteiger partial charge in [-0.05, 0) is 56.9 Å². The zero-order valence-corrected chi connectivity index (χ0v) is 22.6. The molecule has 2 N–H and O–H groups in total. The fraction of sp³-hybridized carbons (Fsp3) is 0.414. The van der Waals surface area contributed by atoms with E-state index in [2.05, 4.69) is 5.32 Å². The van der Waals surface area contributed by atoms with Crippen molar-refractivity contribution >= 4 is 29.7 Å². The van der Waals surface area contributed by atoms with Crippen molar-refractivity contribution < 1.29 is 38.6 Å². The van der Waals surface area contributed by atoms with Gasteiger partial charge in [0.15, 0.2) is 0 Å². The highest BCUT2D eigenvalue weighted by Crippen LogP contribution is 2.26. The molecule has 0 fully saturated rings. The van der Waals surface area contributed by atoms with Crippen molar-refractivity contribution in [3.63, 3.8) is 0 Å². The molecule has 0 aromatic heterocycles. The fourth-order valence-corrected chi connectivity index (χ4v) is 5.10. The standard InChI is InChI=1S/C29H33N3O8/c1-29(2,30-28(37)38)19(11-15-39-17-13-31-24(33)20-7-3-4-8-21(20)25(31)34)12-16-40-18-14-32-26(35)22-9-5-6-10-23(22)27(32)36/h3-10,19,30H,11-18H2,1-2H3,(H,37,38). The lowest BCUT2D eigenvalue weighted by atomic mass is 9.83. The number of nitrogens with one attached hydrogen (secondary N) is 1. The number of carbonyl (C=O) groups is 5. The van der Waals surface area contributed by atoms with Crippen molar-refractivity contribution in [3.8, 4) is 0 Å². The van der Waals surface area contributed by atoms with Crippen LogP contribution in [0.4, 0.5) is 4.79 Å². The van der Waals surface area contributed by atoms with Crippen LogP contribution in [0.25, 0.3) is 0 Å². The Hall–Kier alpha value is -4.09. The Kier molecular flexibility index (Phi) is 8.96. The average Bonchev–Trinajstić information content (AvgIpc) is 3.31. The van der Waals surface area contributed by atoms with Gasteiger partial charge in [-0.1, -0.05) is 24.3 Å². The summed E-state index contributed by atoms with van der Waals surface area (Å²) in [5.74, 6) is -1.53. The molecule has 2 aliphatic rings. The van der Waals surface area contributed by atoms with Gasteiger partial charge in [0.25, 0.3) is 23.6 Å². The Morgan fingerprint density at radius 1 is 0.725 bits per heavy atom. The van der Waals surface area contributed by atoms with Gasteiger partial charge in [-0.15, -0.1) is 0 Å². The number of carboxylic acid groups (broad SMARTS) is 1. The molecule has 2 aromatic rings. The lowest BCUT2D eigenvalue weighted by molar-refractivity contribution is 0.0466. The van der Waals surface area contributed by atoms with Crippen molar-refractivity contribution in [1.82, 2.24) is 15.1 Å². The van der Waals surface area contributed by atoms with Crippen LogP contribution in [0.2, 0.25) is 0 Å². The van der Waals surface area contributed by atoms with Gasteiger partial charge in [-0.25, -0.2) is 4.79 Å². The van der Waals surface area contributed by atoms with E-state index in [1.165, 1.54) is 9.80 Å². The number of fused-ring (bicyclic) bond motifs is 2. The molecule has 4 rings (SSSR count). The van der Waals surface area contributed by atoms with Gasteiger partial charge < -0.3 is 19.9 Å². The quantitative estimate of drug-likeness (QED) is 0.269. The summed E-state index contributed by atoms with van der Waals surface area (Å²) in [5.41, 5.74) is 0.757. The molecule has 0 atom stereocenters. The van der Waals surface area contributed by atoms with Crippen LogP contribution in [0.5, 0.6) is 0 Å². The number of ether oxygens (including phenoxy) is 2. The largest absolute Gasteiger partial charge is 0.465 e. The molecule has 0 spiro atoms. The number of hydrogen-bond acceptors (Lipinski definition) is 7. The summed E-state index contributed by atoms with van der Waals surface area (Å²) in [6.45, 7) is 4.68. The van der Waals surface area contributed by atoms with Crippen molar-refractivity contribution in [2.45, 2.75) is 32.2 Å². The van der Waals surface area contributed by atoms with Gasteiger partial charge in [-0.2, -0.15) is 0 Å². The molecule has 40 heavy (non-hydrogen) atoms. The second-order valence-corrected chi connectivity index (χ2v) is 10.3. The smallest absolute Gasteiger partial charge is 0.405 e. The third kappa shape index (κ3) is 6.21. The second-order valence-electron chi connectivity index (χ2n) is 10.3. The SMILES string of the molecule is CC(C)(NC(=O)O)C(CCOCCN1C(=O)c2ccccc2C1=O)CCOCCN1C(=O)c2ccccc2C1=O. The summed E-state index contributed by atoms with van der Waals surface area (Å²) in [5, 5.41) is 11.8. The summed E-state index contributed by atoms with van der Waals surface area (Å²) in [4.78, 5) is 63.7. The van der Waals surface area contributed by atoms with Crippen LogP contribution >= 0.6 is 0 Å². The van der Waals surface area contributed by atoms with Crippen LogP contribution in [0.15, 0.2) is 48.5 Å². The molecule has 5 amide bonds. The van der Waals surface area contributed by atoms with E-state index < -0.39 is 11.6 Å². The van der Waals surface area contributed by atoms with E-state index in [1.807, 2.05) is 0 Å². The highest BCUT2D eigenvalue weighted by atomic mass is 16.5. The molecule has 0 unspecified atom stereocenters. The molecule has 2 aromatic carbocycles. The highest BCUT2D eigenvalue weighted by Gasteiger charge is 2.36. The van der Waals surface area contributed by atoms with Crippen molar-refractivity contribution in [2.75, 3.05) is 39.5 Å². The zero-order valence-electron chi connectivity index (χ0n) is 22.6. The maximum Gasteiger partial charge on any atom is 0.405 e. The number of hydrogen-bond donors (Lipinski definition) is 2. The summed E-state index contributed by atoms with van der Waals surface area (Å²) in [6.07, 6.45) is -0.151. The van der Waals surface area contributed by atoms with Gasteiger partial charge in [0.1, 0.15) is 0 Å². The molecular formula is C29H33N3O8. The number of imide groups is 2. The van der Waals surface area contributed by atoms with Crippen LogP contribution in [0.1, 0.15) is 68.1 Å². The number of carbonyl (C=O) groups excluding carboxylic acids is 4.